The molecule has 0 spiro atoms. The van der Waals surface area contributed by atoms with Crippen molar-refractivity contribution in [1.29, 1.82) is 0 Å². The summed E-state index contributed by atoms with van der Waals surface area (Å²) in [4.78, 5) is 12.4. The zero-order valence-electron chi connectivity index (χ0n) is 14.6. The highest BCUT2D eigenvalue weighted by molar-refractivity contribution is 6.35. The molecule has 140 valence electrons. The maximum Gasteiger partial charge on any atom is 0.255 e. The summed E-state index contributed by atoms with van der Waals surface area (Å²) in [6.07, 6.45) is 0. The third-order valence-electron chi connectivity index (χ3n) is 3.96. The summed E-state index contributed by atoms with van der Waals surface area (Å²) in [5.74, 6) is -0.266. The number of hydrogen-bond donors (Lipinski definition) is 1. The number of carbonyl (C=O) groups is 1. The number of amides is 1. The highest BCUT2D eigenvalue weighted by Crippen LogP contribution is 2.28. The minimum atomic E-state index is -0.398. The minimum Gasteiger partial charge on any atom is -0.470 e. The molecular formula is C19H16Cl2FN3O2. The van der Waals surface area contributed by atoms with Gasteiger partial charge in [0.2, 0.25) is 0 Å². The fourth-order valence-electron chi connectivity index (χ4n) is 2.51. The molecule has 1 N–H and O–H groups in total. The Hall–Kier alpha value is -2.57. The van der Waals surface area contributed by atoms with Crippen LogP contribution in [0.15, 0.2) is 42.5 Å². The number of nitrogens with one attached hydrogen (secondary N) is 1. The first-order valence-corrected chi connectivity index (χ1v) is 8.79. The standard InChI is InChI=1S/C19H16Cl2FN3O2/c1-11-18(23-19(26)13-3-6-15(22)7-4-13)12(2)25(24-11)10-27-17-8-5-14(20)9-16(17)21/h3-9H,10H2,1-2H3,(H,23,26). The van der Waals surface area contributed by atoms with Crippen molar-refractivity contribution in [2.24, 2.45) is 0 Å². The Morgan fingerprint density at radius 2 is 1.89 bits per heavy atom. The fourth-order valence-corrected chi connectivity index (χ4v) is 2.98. The number of ether oxygens (including phenoxy) is 1. The van der Waals surface area contributed by atoms with Gasteiger partial charge in [0.25, 0.3) is 5.91 Å². The lowest BCUT2D eigenvalue weighted by Gasteiger charge is -2.10. The number of benzene rings is 2. The fraction of sp³-hybridized carbons (Fsp3) is 0.158. The molecule has 1 heterocycles. The van der Waals surface area contributed by atoms with Gasteiger partial charge in [0.1, 0.15) is 11.6 Å². The zero-order valence-corrected chi connectivity index (χ0v) is 16.1. The number of nitrogens with zero attached hydrogens (tertiary/aromatic N) is 2. The van der Waals surface area contributed by atoms with Gasteiger partial charge in [-0.25, -0.2) is 9.07 Å². The van der Waals surface area contributed by atoms with Gasteiger partial charge in [-0.15, -0.1) is 0 Å². The van der Waals surface area contributed by atoms with Gasteiger partial charge in [0.05, 0.1) is 22.1 Å². The van der Waals surface area contributed by atoms with E-state index in [-0.39, 0.29) is 12.6 Å². The van der Waals surface area contributed by atoms with Gasteiger partial charge in [-0.1, -0.05) is 23.2 Å². The third-order valence-corrected chi connectivity index (χ3v) is 4.49. The molecule has 0 radical (unpaired) electrons. The largest absolute Gasteiger partial charge is 0.470 e. The number of carbonyl (C=O) groups excluding carboxylic acids is 1. The number of aromatic nitrogens is 2. The van der Waals surface area contributed by atoms with E-state index in [1.54, 1.807) is 29.8 Å². The first-order valence-electron chi connectivity index (χ1n) is 8.04. The van der Waals surface area contributed by atoms with E-state index in [4.69, 9.17) is 27.9 Å². The Labute approximate surface area is 165 Å². The quantitative estimate of drug-likeness (QED) is 0.629. The second kappa shape index (κ2) is 7.98. The Kier molecular flexibility index (Phi) is 5.68. The van der Waals surface area contributed by atoms with E-state index in [0.29, 0.717) is 38.4 Å². The third kappa shape index (κ3) is 4.40. The number of anilines is 1. The van der Waals surface area contributed by atoms with Crippen LogP contribution in [0.4, 0.5) is 10.1 Å². The molecule has 3 rings (SSSR count). The van der Waals surface area contributed by atoms with Crippen molar-refractivity contribution >= 4 is 34.8 Å². The first-order chi connectivity index (χ1) is 12.8. The Balaban J connectivity index is 1.74. The smallest absolute Gasteiger partial charge is 0.255 e. The van der Waals surface area contributed by atoms with Gasteiger partial charge < -0.3 is 10.1 Å². The van der Waals surface area contributed by atoms with Crippen molar-refractivity contribution in [1.82, 2.24) is 9.78 Å². The van der Waals surface area contributed by atoms with E-state index in [1.165, 1.54) is 24.3 Å². The van der Waals surface area contributed by atoms with Crippen LogP contribution < -0.4 is 10.1 Å². The van der Waals surface area contributed by atoms with Gasteiger partial charge in [0, 0.05) is 10.6 Å². The van der Waals surface area contributed by atoms with Crippen LogP contribution in [-0.4, -0.2) is 15.7 Å². The minimum absolute atomic E-state index is 0.112. The molecule has 27 heavy (non-hydrogen) atoms. The van der Waals surface area contributed by atoms with Crippen molar-refractivity contribution in [3.63, 3.8) is 0 Å². The molecule has 0 unspecified atom stereocenters. The maximum atomic E-state index is 13.0. The van der Waals surface area contributed by atoms with Crippen LogP contribution in [0.2, 0.25) is 10.0 Å². The summed E-state index contributed by atoms with van der Waals surface area (Å²) in [5, 5.41) is 8.10. The van der Waals surface area contributed by atoms with Crippen molar-refractivity contribution in [2.45, 2.75) is 20.6 Å². The monoisotopic (exact) mass is 407 g/mol. The van der Waals surface area contributed by atoms with Crippen LogP contribution in [0, 0.1) is 19.7 Å². The van der Waals surface area contributed by atoms with Crippen LogP contribution >= 0.6 is 23.2 Å². The van der Waals surface area contributed by atoms with Crippen LogP contribution in [-0.2, 0) is 6.73 Å². The summed E-state index contributed by atoms with van der Waals surface area (Å²) in [6, 6.07) is 10.3. The Morgan fingerprint density at radius 3 is 2.56 bits per heavy atom. The highest BCUT2D eigenvalue weighted by Gasteiger charge is 2.16. The molecule has 1 amide bonds. The molecule has 3 aromatic rings. The predicted octanol–water partition coefficient (Wildman–Crippen LogP) is 5.23. The summed E-state index contributed by atoms with van der Waals surface area (Å²) in [6.45, 7) is 3.70. The average Bonchev–Trinajstić information content (AvgIpc) is 2.89. The molecule has 2 aromatic carbocycles. The molecule has 0 atom stereocenters. The maximum absolute atomic E-state index is 13.0. The van der Waals surface area contributed by atoms with Crippen molar-refractivity contribution in [3.05, 3.63) is 75.3 Å². The molecule has 0 aliphatic rings. The number of rotatable bonds is 5. The Bertz CT molecular complexity index is 987. The van der Waals surface area contributed by atoms with Crippen molar-refractivity contribution in [3.8, 4) is 5.75 Å². The summed E-state index contributed by atoms with van der Waals surface area (Å²) >= 11 is 12.0. The summed E-state index contributed by atoms with van der Waals surface area (Å²) < 4.78 is 20.3. The first kappa shape index (κ1) is 19.2. The van der Waals surface area contributed by atoms with Crippen LogP contribution in [0.1, 0.15) is 21.7 Å². The molecule has 0 fully saturated rings. The van der Waals surface area contributed by atoms with Gasteiger partial charge in [0.15, 0.2) is 6.73 Å². The van der Waals surface area contributed by atoms with Crippen molar-refractivity contribution in [2.75, 3.05) is 5.32 Å². The lowest BCUT2D eigenvalue weighted by Crippen LogP contribution is -2.14. The van der Waals surface area contributed by atoms with Crippen LogP contribution in [0.3, 0.4) is 0 Å². The lowest BCUT2D eigenvalue weighted by atomic mass is 10.2. The molecule has 1 aromatic heterocycles. The molecular weight excluding hydrogens is 392 g/mol. The van der Waals surface area contributed by atoms with E-state index < -0.39 is 5.82 Å². The van der Waals surface area contributed by atoms with E-state index >= 15 is 0 Å². The van der Waals surface area contributed by atoms with E-state index in [2.05, 4.69) is 10.4 Å². The molecule has 0 aliphatic carbocycles. The normalized spacial score (nSPS) is 10.7. The molecule has 8 heteroatoms. The van der Waals surface area contributed by atoms with Crippen molar-refractivity contribution < 1.29 is 13.9 Å². The molecule has 0 aliphatic heterocycles. The topological polar surface area (TPSA) is 56.1 Å². The second-order valence-corrected chi connectivity index (χ2v) is 6.70. The summed E-state index contributed by atoms with van der Waals surface area (Å²) in [7, 11) is 0. The number of aryl methyl sites for hydroxylation is 1. The highest BCUT2D eigenvalue weighted by atomic mass is 35.5. The van der Waals surface area contributed by atoms with Crippen LogP contribution in [0.25, 0.3) is 0 Å². The van der Waals surface area contributed by atoms with Gasteiger partial charge in [-0.05, 0) is 56.3 Å². The van der Waals surface area contributed by atoms with E-state index in [9.17, 15) is 9.18 Å². The molecule has 0 bridgehead atoms. The van der Waals surface area contributed by atoms with E-state index in [1.807, 2.05) is 6.92 Å². The molecule has 0 saturated carbocycles. The van der Waals surface area contributed by atoms with Gasteiger partial charge in [-0.2, -0.15) is 5.10 Å². The zero-order chi connectivity index (χ0) is 19.6. The Morgan fingerprint density at radius 1 is 1.19 bits per heavy atom. The SMILES string of the molecule is Cc1nn(COc2ccc(Cl)cc2Cl)c(C)c1NC(=O)c1ccc(F)cc1. The van der Waals surface area contributed by atoms with Crippen LogP contribution in [0.5, 0.6) is 5.75 Å². The summed E-state index contributed by atoms with van der Waals surface area (Å²) in [5.41, 5.74) is 2.28. The second-order valence-electron chi connectivity index (χ2n) is 5.85. The average molecular weight is 408 g/mol. The predicted molar refractivity (Wildman–Crippen MR) is 103 cm³/mol. The molecule has 0 saturated heterocycles. The lowest BCUT2D eigenvalue weighted by molar-refractivity contribution is 0.102. The van der Waals surface area contributed by atoms with E-state index in [0.717, 1.165) is 0 Å². The van der Waals surface area contributed by atoms with Gasteiger partial charge in [-0.3, -0.25) is 4.79 Å². The van der Waals surface area contributed by atoms with Gasteiger partial charge >= 0.3 is 0 Å². The number of halogens is 3. The molecule has 5 nitrogen and oxygen atoms in total. The number of hydrogen-bond acceptors (Lipinski definition) is 3.